The number of rotatable bonds is 11. The second kappa shape index (κ2) is 12.2. The van der Waals surface area contributed by atoms with Crippen LogP contribution in [-0.4, -0.2) is 33.1 Å². The van der Waals surface area contributed by atoms with Crippen LogP contribution in [0.25, 0.3) is 0 Å². The summed E-state index contributed by atoms with van der Waals surface area (Å²) in [5.41, 5.74) is 3.82. The minimum Gasteiger partial charge on any atom is -0.479 e. The van der Waals surface area contributed by atoms with Crippen LogP contribution in [0, 0.1) is 0 Å². The van der Waals surface area contributed by atoms with Gasteiger partial charge in [0, 0.05) is 11.0 Å². The summed E-state index contributed by atoms with van der Waals surface area (Å²) in [6.45, 7) is 1.51. The summed E-state index contributed by atoms with van der Waals surface area (Å²) in [6, 6.07) is 29.5. The van der Waals surface area contributed by atoms with Crippen molar-refractivity contribution in [2.24, 2.45) is 0 Å². The highest BCUT2D eigenvalue weighted by atomic mass is 32.2. The molecule has 0 radical (unpaired) electrons. The first-order valence-electron chi connectivity index (χ1n) is 11.8. The number of H-pyrrole nitrogens is 1. The number of aromatic amines is 1. The molecule has 0 spiro atoms. The van der Waals surface area contributed by atoms with Crippen LogP contribution >= 0.6 is 11.8 Å². The molecule has 6 nitrogen and oxygen atoms in total. The molecular formula is C29H28N2O4S. The number of aryl methyl sites for hydroxylation is 1. The molecule has 0 fully saturated rings. The van der Waals surface area contributed by atoms with E-state index in [9.17, 15) is 9.59 Å². The van der Waals surface area contributed by atoms with Crippen LogP contribution in [0.3, 0.4) is 0 Å². The molecule has 0 aliphatic heterocycles. The van der Waals surface area contributed by atoms with Gasteiger partial charge in [0.1, 0.15) is 5.75 Å². The summed E-state index contributed by atoms with van der Waals surface area (Å²) in [4.78, 5) is 24.2. The van der Waals surface area contributed by atoms with Crippen LogP contribution in [0.15, 0.2) is 101 Å². The first-order chi connectivity index (χ1) is 17.5. The van der Waals surface area contributed by atoms with E-state index in [0.717, 1.165) is 39.5 Å². The molecule has 1 aromatic heterocycles. The predicted octanol–water partition coefficient (Wildman–Crippen LogP) is 5.53. The number of carboxylic acid groups (broad SMARTS) is 1. The number of thioether (sulfide) groups is 1. The summed E-state index contributed by atoms with van der Waals surface area (Å²) in [6.07, 6.45) is 0.645. The van der Waals surface area contributed by atoms with E-state index >= 15 is 0 Å². The standard InChI is InChI=1S/C29H28N2O4S/c1-20(29(33)34)35-24-15-8-16-25(19-24)36-17-9-14-23-18-26(32)30-31-28(23)27(21-10-4-2-5-11-21)22-12-6-3-7-13-22/h2-8,10-13,15-16,18-20,27H,9,14,17H2,1H3,(H,30,32)(H,33,34)/t20-/m0/s1. The number of carbonyl (C=O) groups is 1. The molecule has 0 aliphatic rings. The SMILES string of the molecule is C[C@H](Oc1cccc(SCCCc2cc(=O)[nH]nc2C(c2ccccc2)c2ccccc2)c1)C(=O)O. The third kappa shape index (κ3) is 6.64. The Kier molecular flexibility index (Phi) is 8.57. The van der Waals surface area contributed by atoms with Crippen LogP contribution < -0.4 is 10.3 Å². The molecule has 1 atom stereocenters. The molecule has 3 aromatic carbocycles. The summed E-state index contributed by atoms with van der Waals surface area (Å²) >= 11 is 1.67. The normalized spacial score (nSPS) is 11.8. The van der Waals surface area contributed by atoms with Gasteiger partial charge in [0.25, 0.3) is 5.56 Å². The van der Waals surface area contributed by atoms with E-state index in [1.54, 1.807) is 23.9 Å². The van der Waals surface area contributed by atoms with Crippen LogP contribution in [-0.2, 0) is 11.2 Å². The number of aromatic nitrogens is 2. The van der Waals surface area contributed by atoms with Crippen LogP contribution in [0.5, 0.6) is 5.75 Å². The van der Waals surface area contributed by atoms with Crippen LogP contribution in [0.4, 0.5) is 0 Å². The van der Waals surface area contributed by atoms with Crippen molar-refractivity contribution < 1.29 is 14.6 Å². The Hall–Kier alpha value is -3.84. The number of carboxylic acids is 1. The number of hydrogen-bond acceptors (Lipinski definition) is 5. The van der Waals surface area contributed by atoms with Crippen molar-refractivity contribution >= 4 is 17.7 Å². The van der Waals surface area contributed by atoms with Gasteiger partial charge in [-0.2, -0.15) is 5.10 Å². The van der Waals surface area contributed by atoms with Crippen molar-refractivity contribution in [3.05, 3.63) is 124 Å². The summed E-state index contributed by atoms with van der Waals surface area (Å²) in [7, 11) is 0. The lowest BCUT2D eigenvalue weighted by Crippen LogP contribution is -2.22. The molecule has 1 heterocycles. The Bertz CT molecular complexity index is 1300. The molecule has 36 heavy (non-hydrogen) atoms. The number of nitrogens with zero attached hydrogens (tertiary/aromatic N) is 1. The first kappa shape index (κ1) is 25.3. The number of nitrogens with one attached hydrogen (secondary N) is 1. The average Bonchev–Trinajstić information content (AvgIpc) is 2.89. The fourth-order valence-electron chi connectivity index (χ4n) is 4.05. The molecule has 2 N–H and O–H groups in total. The van der Waals surface area contributed by atoms with Gasteiger partial charge in [0.05, 0.1) is 11.6 Å². The van der Waals surface area contributed by atoms with Crippen molar-refractivity contribution in [1.29, 1.82) is 0 Å². The maximum atomic E-state index is 12.2. The first-order valence-corrected chi connectivity index (χ1v) is 12.8. The van der Waals surface area contributed by atoms with Gasteiger partial charge in [-0.1, -0.05) is 66.7 Å². The smallest absolute Gasteiger partial charge is 0.344 e. The van der Waals surface area contributed by atoms with Gasteiger partial charge in [-0.3, -0.25) is 4.79 Å². The minimum atomic E-state index is -1.00. The largest absolute Gasteiger partial charge is 0.479 e. The Morgan fingerprint density at radius 2 is 1.64 bits per heavy atom. The Labute approximate surface area is 214 Å². The minimum absolute atomic E-state index is 0.0861. The van der Waals surface area contributed by atoms with E-state index in [2.05, 4.69) is 34.5 Å². The second-order valence-electron chi connectivity index (χ2n) is 8.42. The lowest BCUT2D eigenvalue weighted by molar-refractivity contribution is -0.144. The van der Waals surface area contributed by atoms with Gasteiger partial charge in [-0.05, 0) is 60.4 Å². The quantitative estimate of drug-likeness (QED) is 0.208. The highest BCUT2D eigenvalue weighted by Gasteiger charge is 2.22. The lowest BCUT2D eigenvalue weighted by atomic mass is 9.85. The highest BCUT2D eigenvalue weighted by Crippen LogP contribution is 2.32. The fourth-order valence-corrected chi connectivity index (χ4v) is 4.94. The van der Waals surface area contributed by atoms with Crippen molar-refractivity contribution in [1.82, 2.24) is 10.2 Å². The van der Waals surface area contributed by atoms with Gasteiger partial charge >= 0.3 is 5.97 Å². The summed E-state index contributed by atoms with van der Waals surface area (Å²) in [5.74, 6) is 0.270. The van der Waals surface area contributed by atoms with Crippen molar-refractivity contribution in [2.45, 2.75) is 36.7 Å². The van der Waals surface area contributed by atoms with Gasteiger partial charge < -0.3 is 9.84 Å². The fraction of sp³-hybridized carbons (Fsp3) is 0.207. The monoisotopic (exact) mass is 500 g/mol. The lowest BCUT2D eigenvalue weighted by Gasteiger charge is -2.20. The third-order valence-electron chi connectivity index (χ3n) is 5.79. The molecule has 0 amide bonds. The molecule has 0 saturated heterocycles. The van der Waals surface area contributed by atoms with Crippen LogP contribution in [0.1, 0.15) is 41.6 Å². The van der Waals surface area contributed by atoms with E-state index in [1.807, 2.05) is 54.6 Å². The van der Waals surface area contributed by atoms with Gasteiger partial charge in [-0.25, -0.2) is 9.89 Å². The maximum absolute atomic E-state index is 12.2. The third-order valence-corrected chi connectivity index (χ3v) is 6.87. The van der Waals surface area contributed by atoms with E-state index < -0.39 is 12.1 Å². The van der Waals surface area contributed by atoms with Crippen molar-refractivity contribution in [2.75, 3.05) is 5.75 Å². The summed E-state index contributed by atoms with van der Waals surface area (Å²) < 4.78 is 5.47. The number of benzene rings is 3. The molecule has 7 heteroatoms. The highest BCUT2D eigenvalue weighted by molar-refractivity contribution is 7.99. The van der Waals surface area contributed by atoms with Gasteiger partial charge in [0.2, 0.25) is 0 Å². The molecular weight excluding hydrogens is 472 g/mol. The Morgan fingerprint density at radius 3 is 2.28 bits per heavy atom. The Balaban J connectivity index is 1.49. The van der Waals surface area contributed by atoms with E-state index in [1.165, 1.54) is 6.92 Å². The molecule has 0 bridgehead atoms. The van der Waals surface area contributed by atoms with E-state index in [4.69, 9.17) is 9.84 Å². The predicted molar refractivity (Wildman–Crippen MR) is 142 cm³/mol. The van der Waals surface area contributed by atoms with E-state index in [-0.39, 0.29) is 11.5 Å². The van der Waals surface area contributed by atoms with Gasteiger partial charge in [-0.15, -0.1) is 11.8 Å². The maximum Gasteiger partial charge on any atom is 0.344 e. The molecule has 4 rings (SSSR count). The molecule has 0 saturated carbocycles. The van der Waals surface area contributed by atoms with E-state index in [0.29, 0.717) is 12.2 Å². The zero-order valence-electron chi connectivity index (χ0n) is 20.0. The number of aliphatic carboxylic acids is 1. The number of hydrogen-bond donors (Lipinski definition) is 2. The van der Waals surface area contributed by atoms with Crippen LogP contribution in [0.2, 0.25) is 0 Å². The zero-order valence-corrected chi connectivity index (χ0v) is 20.8. The number of ether oxygens (including phenoxy) is 1. The second-order valence-corrected chi connectivity index (χ2v) is 9.59. The topological polar surface area (TPSA) is 92.3 Å². The Morgan fingerprint density at radius 1 is 0.972 bits per heavy atom. The average molecular weight is 501 g/mol. The van der Waals surface area contributed by atoms with Gasteiger partial charge in [0.15, 0.2) is 6.10 Å². The summed E-state index contributed by atoms with van der Waals surface area (Å²) in [5, 5.41) is 16.2. The molecule has 0 unspecified atom stereocenters. The van der Waals surface area contributed by atoms with Crippen molar-refractivity contribution in [3.8, 4) is 5.75 Å². The molecule has 0 aliphatic carbocycles. The molecule has 4 aromatic rings. The zero-order chi connectivity index (χ0) is 25.3. The van der Waals surface area contributed by atoms with Crippen molar-refractivity contribution in [3.63, 3.8) is 0 Å². The molecule has 184 valence electrons.